The first-order valence-electron chi connectivity index (χ1n) is 6.80. The molecule has 0 bridgehead atoms. The van der Waals surface area contributed by atoms with Gasteiger partial charge in [0.15, 0.2) is 0 Å². The molecule has 1 aromatic rings. The predicted molar refractivity (Wildman–Crippen MR) is 83.9 cm³/mol. The number of allylic oxidation sites excluding steroid dienone is 4. The number of hydrogen-bond acceptors (Lipinski definition) is 3. The number of alkyl halides is 2. The molecule has 1 heterocycles. The number of nitrogens with zero attached hydrogens (tertiary/aromatic N) is 2. The van der Waals surface area contributed by atoms with Gasteiger partial charge in [0.2, 0.25) is 5.92 Å². The summed E-state index contributed by atoms with van der Waals surface area (Å²) in [5.41, 5.74) is 2.71. The van der Waals surface area contributed by atoms with Crippen LogP contribution in [0.2, 0.25) is 0 Å². The van der Waals surface area contributed by atoms with Crippen LogP contribution in [0.4, 0.5) is 8.78 Å². The van der Waals surface area contributed by atoms with Gasteiger partial charge in [0.05, 0.1) is 17.3 Å². The number of rotatable bonds is 6. The van der Waals surface area contributed by atoms with Gasteiger partial charge in [-0.15, -0.1) is 0 Å². The van der Waals surface area contributed by atoms with E-state index in [1.165, 1.54) is 12.3 Å². The van der Waals surface area contributed by atoms with Crippen molar-refractivity contribution < 1.29 is 8.78 Å². The van der Waals surface area contributed by atoms with Crippen LogP contribution in [-0.4, -0.2) is 10.9 Å². The Balaban J connectivity index is 3.32. The molecule has 1 rings (SSSR count). The number of nitriles is 1. The minimum absolute atomic E-state index is 0.421. The minimum Gasteiger partial charge on any atom is -0.359 e. The standard InChI is InChI=1S/C17H19F2N3/c1-5-15(22-12(2)3)14(6-8-17(4,18)19)16-10-13(11-20)7-9-21-16/h5-7,9-10,22H,2,8H2,1,3-4H3/b14-6+,15-5+. The Morgan fingerprint density at radius 2 is 2.23 bits per heavy atom. The van der Waals surface area contributed by atoms with Crippen LogP contribution < -0.4 is 5.32 Å². The summed E-state index contributed by atoms with van der Waals surface area (Å²) in [6.07, 6.45) is 4.25. The summed E-state index contributed by atoms with van der Waals surface area (Å²) in [4.78, 5) is 4.19. The molecule has 0 fully saturated rings. The van der Waals surface area contributed by atoms with Gasteiger partial charge in [-0.1, -0.05) is 18.7 Å². The van der Waals surface area contributed by atoms with E-state index in [1.54, 1.807) is 32.1 Å². The van der Waals surface area contributed by atoms with E-state index in [0.29, 0.717) is 28.2 Å². The highest BCUT2D eigenvalue weighted by atomic mass is 19.3. The highest BCUT2D eigenvalue weighted by Crippen LogP contribution is 2.26. The average molecular weight is 303 g/mol. The van der Waals surface area contributed by atoms with Crippen LogP contribution >= 0.6 is 0 Å². The number of pyridine rings is 1. The lowest BCUT2D eigenvalue weighted by Crippen LogP contribution is -2.13. The molecule has 0 spiro atoms. The molecular weight excluding hydrogens is 284 g/mol. The molecule has 1 aromatic heterocycles. The van der Waals surface area contributed by atoms with E-state index in [1.807, 2.05) is 6.07 Å². The van der Waals surface area contributed by atoms with E-state index in [9.17, 15) is 8.78 Å². The van der Waals surface area contributed by atoms with Crippen LogP contribution in [-0.2, 0) is 0 Å². The predicted octanol–water partition coefficient (Wildman–Crippen LogP) is 4.41. The molecule has 0 radical (unpaired) electrons. The van der Waals surface area contributed by atoms with Crippen molar-refractivity contribution in [1.82, 2.24) is 10.3 Å². The molecule has 0 aliphatic heterocycles. The highest BCUT2D eigenvalue weighted by molar-refractivity contribution is 5.77. The molecule has 0 unspecified atom stereocenters. The summed E-state index contributed by atoms with van der Waals surface area (Å²) in [6, 6.07) is 5.16. The Kier molecular flexibility index (Phi) is 6.00. The number of aromatic nitrogens is 1. The molecule has 0 saturated carbocycles. The van der Waals surface area contributed by atoms with E-state index in [2.05, 4.69) is 16.9 Å². The second-order valence-electron chi connectivity index (χ2n) is 5.04. The average Bonchev–Trinajstić information content (AvgIpc) is 2.44. The van der Waals surface area contributed by atoms with Crippen molar-refractivity contribution in [2.75, 3.05) is 0 Å². The second kappa shape index (κ2) is 7.51. The first kappa shape index (κ1) is 17.6. The second-order valence-corrected chi connectivity index (χ2v) is 5.04. The first-order valence-corrected chi connectivity index (χ1v) is 6.80. The van der Waals surface area contributed by atoms with Crippen molar-refractivity contribution >= 4 is 5.57 Å². The van der Waals surface area contributed by atoms with Gasteiger partial charge in [0.25, 0.3) is 0 Å². The monoisotopic (exact) mass is 303 g/mol. The van der Waals surface area contributed by atoms with Gasteiger partial charge < -0.3 is 5.32 Å². The fourth-order valence-corrected chi connectivity index (χ4v) is 1.81. The van der Waals surface area contributed by atoms with E-state index in [4.69, 9.17) is 5.26 Å². The first-order chi connectivity index (χ1) is 10.3. The van der Waals surface area contributed by atoms with Crippen molar-refractivity contribution in [1.29, 1.82) is 5.26 Å². The molecule has 0 amide bonds. The maximum absolute atomic E-state index is 13.2. The molecule has 3 nitrogen and oxygen atoms in total. The number of halogens is 2. The van der Waals surface area contributed by atoms with Gasteiger partial charge in [-0.25, -0.2) is 8.78 Å². The molecule has 0 aromatic carbocycles. The van der Waals surface area contributed by atoms with Crippen LogP contribution in [0.15, 0.2) is 48.5 Å². The van der Waals surface area contributed by atoms with Crippen molar-refractivity contribution in [3.8, 4) is 6.07 Å². The summed E-state index contributed by atoms with van der Waals surface area (Å²) in [7, 11) is 0. The zero-order valence-electron chi connectivity index (χ0n) is 13.0. The maximum Gasteiger partial charge on any atom is 0.248 e. The zero-order chi connectivity index (χ0) is 16.8. The molecule has 0 aliphatic rings. The molecule has 0 saturated heterocycles. The fraction of sp³-hybridized carbons (Fsp3) is 0.294. The van der Waals surface area contributed by atoms with E-state index in [0.717, 1.165) is 6.92 Å². The minimum atomic E-state index is -2.82. The van der Waals surface area contributed by atoms with Gasteiger partial charge in [-0.05, 0) is 32.9 Å². The van der Waals surface area contributed by atoms with Gasteiger partial charge >= 0.3 is 0 Å². The van der Waals surface area contributed by atoms with E-state index >= 15 is 0 Å². The summed E-state index contributed by atoms with van der Waals surface area (Å²) in [5, 5.41) is 12.0. The van der Waals surface area contributed by atoms with Crippen molar-refractivity contribution in [2.45, 2.75) is 33.1 Å². The van der Waals surface area contributed by atoms with Crippen LogP contribution in [0.25, 0.3) is 5.57 Å². The fourth-order valence-electron chi connectivity index (χ4n) is 1.81. The quantitative estimate of drug-likeness (QED) is 0.792. The molecule has 0 aliphatic carbocycles. The molecule has 116 valence electrons. The normalized spacial score (nSPS) is 12.7. The molecule has 5 heteroatoms. The Hall–Kier alpha value is -2.48. The molecule has 0 atom stereocenters. The van der Waals surface area contributed by atoms with Crippen molar-refractivity contribution in [3.05, 3.63) is 59.7 Å². The maximum atomic E-state index is 13.2. The Morgan fingerprint density at radius 1 is 1.55 bits per heavy atom. The van der Waals surface area contributed by atoms with Gasteiger partial charge in [0, 0.05) is 29.6 Å². The zero-order valence-corrected chi connectivity index (χ0v) is 13.0. The highest BCUT2D eigenvalue weighted by Gasteiger charge is 2.20. The smallest absolute Gasteiger partial charge is 0.248 e. The molecule has 1 N–H and O–H groups in total. The molecule has 22 heavy (non-hydrogen) atoms. The summed E-state index contributed by atoms with van der Waals surface area (Å²) in [5.74, 6) is -2.82. The van der Waals surface area contributed by atoms with Gasteiger partial charge in [-0.3, -0.25) is 4.98 Å². The topological polar surface area (TPSA) is 48.7 Å². The van der Waals surface area contributed by atoms with Crippen molar-refractivity contribution in [3.63, 3.8) is 0 Å². The summed E-state index contributed by atoms with van der Waals surface area (Å²) >= 11 is 0. The summed E-state index contributed by atoms with van der Waals surface area (Å²) in [6.45, 7) is 8.19. The van der Waals surface area contributed by atoms with Crippen LogP contribution in [0.3, 0.4) is 0 Å². The Bertz CT molecular complexity index is 647. The van der Waals surface area contributed by atoms with E-state index < -0.39 is 12.3 Å². The largest absolute Gasteiger partial charge is 0.359 e. The SMILES string of the molecule is C=C(C)NC(=C/C)/C(=C\CC(C)(F)F)c1cc(C#N)ccn1. The molecular formula is C17H19F2N3. The Morgan fingerprint density at radius 3 is 2.73 bits per heavy atom. The van der Waals surface area contributed by atoms with Crippen LogP contribution in [0.5, 0.6) is 0 Å². The Labute approximate surface area is 129 Å². The third-order valence-electron chi connectivity index (χ3n) is 2.76. The van der Waals surface area contributed by atoms with Crippen molar-refractivity contribution in [2.24, 2.45) is 0 Å². The lowest BCUT2D eigenvalue weighted by molar-refractivity contribution is 0.0256. The summed E-state index contributed by atoms with van der Waals surface area (Å²) < 4.78 is 26.4. The van der Waals surface area contributed by atoms with Crippen LogP contribution in [0, 0.1) is 11.3 Å². The lowest BCUT2D eigenvalue weighted by Gasteiger charge is -2.16. The van der Waals surface area contributed by atoms with Gasteiger partial charge in [-0.2, -0.15) is 5.26 Å². The lowest BCUT2D eigenvalue weighted by atomic mass is 10.0. The third kappa shape index (κ3) is 5.49. The van der Waals surface area contributed by atoms with Gasteiger partial charge in [0.1, 0.15) is 0 Å². The number of hydrogen-bond donors (Lipinski definition) is 1. The van der Waals surface area contributed by atoms with E-state index in [-0.39, 0.29) is 0 Å². The number of nitrogens with one attached hydrogen (secondary N) is 1. The third-order valence-corrected chi connectivity index (χ3v) is 2.76. The van der Waals surface area contributed by atoms with Crippen LogP contribution in [0.1, 0.15) is 38.4 Å².